The van der Waals surface area contributed by atoms with Crippen LogP contribution in [0, 0.1) is 0 Å². The summed E-state index contributed by atoms with van der Waals surface area (Å²) in [6, 6.07) is 3.50. The van der Waals surface area contributed by atoms with Crippen molar-refractivity contribution in [2.24, 2.45) is 0 Å². The van der Waals surface area contributed by atoms with Crippen molar-refractivity contribution in [2.45, 2.75) is 45.4 Å². The highest BCUT2D eigenvalue weighted by Crippen LogP contribution is 2.18. The minimum absolute atomic E-state index is 0.153. The molecular weight excluding hydrogens is 312 g/mol. The molecular formula is C16H22N4O2S. The number of rotatable bonds is 9. The second kappa shape index (κ2) is 9.19. The van der Waals surface area contributed by atoms with Gasteiger partial charge in [0.1, 0.15) is 10.8 Å². The number of anilines is 1. The van der Waals surface area contributed by atoms with Crippen molar-refractivity contribution in [2.75, 3.05) is 12.4 Å². The lowest BCUT2D eigenvalue weighted by molar-refractivity contribution is -0.115. The van der Waals surface area contributed by atoms with E-state index in [9.17, 15) is 4.79 Å². The average molecular weight is 334 g/mol. The van der Waals surface area contributed by atoms with Crippen molar-refractivity contribution in [3.8, 4) is 5.75 Å². The van der Waals surface area contributed by atoms with Gasteiger partial charge in [0, 0.05) is 18.7 Å². The highest BCUT2D eigenvalue weighted by Gasteiger charge is 2.10. The van der Waals surface area contributed by atoms with Crippen LogP contribution in [0.15, 0.2) is 18.3 Å². The maximum atomic E-state index is 12.0. The molecule has 1 N–H and O–H groups in total. The number of aromatic nitrogens is 3. The Morgan fingerprint density at radius 3 is 2.96 bits per heavy atom. The minimum atomic E-state index is -0.153. The van der Waals surface area contributed by atoms with Crippen LogP contribution in [0.5, 0.6) is 5.75 Å². The lowest BCUT2D eigenvalue weighted by Crippen LogP contribution is -2.15. The number of nitrogens with zero attached hydrogens (tertiary/aromatic N) is 3. The zero-order valence-corrected chi connectivity index (χ0v) is 14.4. The van der Waals surface area contributed by atoms with Crippen LogP contribution in [0.3, 0.4) is 0 Å². The van der Waals surface area contributed by atoms with Crippen LogP contribution in [0.25, 0.3) is 0 Å². The lowest BCUT2D eigenvalue weighted by Gasteiger charge is -2.03. The first-order chi connectivity index (χ1) is 11.2. The monoisotopic (exact) mass is 334 g/mol. The number of pyridine rings is 1. The van der Waals surface area contributed by atoms with Crippen LogP contribution in [-0.2, 0) is 17.6 Å². The van der Waals surface area contributed by atoms with Gasteiger partial charge in [-0.25, -0.2) is 0 Å². The Morgan fingerprint density at radius 2 is 2.17 bits per heavy atom. The van der Waals surface area contributed by atoms with Crippen LogP contribution in [0.4, 0.5) is 5.13 Å². The molecule has 0 unspecified atom stereocenters. The van der Waals surface area contributed by atoms with E-state index >= 15 is 0 Å². The maximum Gasteiger partial charge on any atom is 0.232 e. The molecule has 7 heteroatoms. The molecule has 23 heavy (non-hydrogen) atoms. The maximum absolute atomic E-state index is 12.0. The number of hydrogen-bond acceptors (Lipinski definition) is 6. The molecule has 124 valence electrons. The molecule has 0 saturated carbocycles. The number of carbonyl (C=O) groups is 1. The molecule has 2 heterocycles. The van der Waals surface area contributed by atoms with Gasteiger partial charge in [0.05, 0.1) is 19.2 Å². The van der Waals surface area contributed by atoms with Crippen molar-refractivity contribution < 1.29 is 9.53 Å². The fourth-order valence-electron chi connectivity index (χ4n) is 2.12. The molecule has 0 spiro atoms. The fraction of sp³-hybridized carbons (Fsp3) is 0.500. The van der Waals surface area contributed by atoms with Gasteiger partial charge < -0.3 is 10.1 Å². The first-order valence-electron chi connectivity index (χ1n) is 7.82. The van der Waals surface area contributed by atoms with Gasteiger partial charge in [0.2, 0.25) is 11.0 Å². The number of ether oxygens (including phenoxy) is 1. The third-order valence-corrected chi connectivity index (χ3v) is 4.22. The smallest absolute Gasteiger partial charge is 0.232 e. The summed E-state index contributed by atoms with van der Waals surface area (Å²) < 4.78 is 5.12. The van der Waals surface area contributed by atoms with E-state index in [-0.39, 0.29) is 12.3 Å². The van der Waals surface area contributed by atoms with Crippen LogP contribution >= 0.6 is 11.3 Å². The largest absolute Gasteiger partial charge is 0.497 e. The van der Waals surface area contributed by atoms with E-state index in [4.69, 9.17) is 4.74 Å². The second-order valence-electron chi connectivity index (χ2n) is 5.22. The Hall–Kier alpha value is -2.02. The van der Waals surface area contributed by atoms with Crippen molar-refractivity contribution in [3.63, 3.8) is 0 Å². The highest BCUT2D eigenvalue weighted by atomic mass is 32.1. The number of methoxy groups -OCH3 is 1. The molecule has 0 bridgehead atoms. The van der Waals surface area contributed by atoms with Gasteiger partial charge in [0.25, 0.3) is 0 Å². The number of carbonyl (C=O) groups excluding carboxylic acids is 1. The highest BCUT2D eigenvalue weighted by molar-refractivity contribution is 7.15. The van der Waals surface area contributed by atoms with Gasteiger partial charge in [-0.05, 0) is 12.5 Å². The van der Waals surface area contributed by atoms with Crippen molar-refractivity contribution >= 4 is 22.4 Å². The van der Waals surface area contributed by atoms with E-state index in [1.165, 1.54) is 30.6 Å². The van der Waals surface area contributed by atoms with Crippen LogP contribution < -0.4 is 10.1 Å². The summed E-state index contributed by atoms with van der Waals surface area (Å²) in [6.45, 7) is 2.19. The molecule has 0 saturated heterocycles. The van der Waals surface area contributed by atoms with Gasteiger partial charge in [-0.2, -0.15) is 0 Å². The summed E-state index contributed by atoms with van der Waals surface area (Å²) in [5.74, 6) is 0.535. The molecule has 2 aromatic heterocycles. The van der Waals surface area contributed by atoms with Gasteiger partial charge >= 0.3 is 0 Å². The molecule has 0 aliphatic heterocycles. The summed E-state index contributed by atoms with van der Waals surface area (Å²) in [5, 5.41) is 12.4. The topological polar surface area (TPSA) is 77.0 Å². The Balaban J connectivity index is 1.82. The number of nitrogens with one attached hydrogen (secondary N) is 1. The third kappa shape index (κ3) is 5.94. The van der Waals surface area contributed by atoms with Crippen LogP contribution in [0.2, 0.25) is 0 Å². The zero-order valence-electron chi connectivity index (χ0n) is 13.5. The molecule has 2 rings (SSSR count). The predicted molar refractivity (Wildman–Crippen MR) is 90.9 cm³/mol. The lowest BCUT2D eigenvalue weighted by atomic mass is 10.2. The van der Waals surface area contributed by atoms with Crippen molar-refractivity contribution in [1.82, 2.24) is 15.2 Å². The Morgan fingerprint density at radius 1 is 1.30 bits per heavy atom. The van der Waals surface area contributed by atoms with E-state index in [0.29, 0.717) is 16.6 Å². The van der Waals surface area contributed by atoms with Crippen molar-refractivity contribution in [3.05, 3.63) is 29.0 Å². The second-order valence-corrected chi connectivity index (χ2v) is 6.29. The Bertz CT molecular complexity index is 630. The SMILES string of the molecule is CCCCCCc1nnc(NC(=O)Cc2cc(OC)ccn2)s1. The molecule has 0 radical (unpaired) electrons. The van der Waals surface area contributed by atoms with Crippen LogP contribution in [-0.4, -0.2) is 28.2 Å². The van der Waals surface area contributed by atoms with E-state index in [2.05, 4.69) is 27.4 Å². The summed E-state index contributed by atoms with van der Waals surface area (Å²) in [5.41, 5.74) is 0.658. The van der Waals surface area contributed by atoms with Crippen LogP contribution in [0.1, 0.15) is 43.3 Å². The number of amides is 1. The van der Waals surface area contributed by atoms with E-state index in [1.54, 1.807) is 25.4 Å². The number of aryl methyl sites for hydroxylation is 1. The molecule has 1 amide bonds. The van der Waals surface area contributed by atoms with Crippen molar-refractivity contribution in [1.29, 1.82) is 0 Å². The van der Waals surface area contributed by atoms with E-state index in [1.807, 2.05) is 0 Å². The quantitative estimate of drug-likeness (QED) is 0.712. The summed E-state index contributed by atoms with van der Waals surface area (Å²) >= 11 is 1.44. The molecule has 2 aromatic rings. The van der Waals surface area contributed by atoms with Gasteiger partial charge in [-0.3, -0.25) is 9.78 Å². The molecule has 0 fully saturated rings. The Labute approximate surface area is 140 Å². The molecule has 0 aromatic carbocycles. The number of unbranched alkanes of at least 4 members (excludes halogenated alkanes) is 3. The Kier molecular flexibility index (Phi) is 6.93. The van der Waals surface area contributed by atoms with Gasteiger partial charge in [-0.15, -0.1) is 10.2 Å². The number of hydrogen-bond donors (Lipinski definition) is 1. The molecule has 0 aliphatic carbocycles. The molecule has 6 nitrogen and oxygen atoms in total. The molecule has 0 atom stereocenters. The third-order valence-electron chi connectivity index (χ3n) is 3.32. The summed E-state index contributed by atoms with van der Waals surface area (Å²) in [7, 11) is 1.59. The normalized spacial score (nSPS) is 10.5. The average Bonchev–Trinajstić information content (AvgIpc) is 2.99. The first-order valence-corrected chi connectivity index (χ1v) is 8.64. The predicted octanol–water partition coefficient (Wildman–Crippen LogP) is 3.25. The van der Waals surface area contributed by atoms with Gasteiger partial charge in [-0.1, -0.05) is 37.5 Å². The standard InChI is InChI=1S/C16H22N4O2S/c1-3-4-5-6-7-15-19-20-16(23-15)18-14(21)11-12-10-13(22-2)8-9-17-12/h8-10H,3-7,11H2,1-2H3,(H,18,20,21). The van der Waals surface area contributed by atoms with Gasteiger partial charge in [0.15, 0.2) is 0 Å². The molecule has 0 aliphatic rings. The summed E-state index contributed by atoms with van der Waals surface area (Å²) in [4.78, 5) is 16.2. The van der Waals surface area contributed by atoms with E-state index in [0.717, 1.165) is 17.8 Å². The fourth-order valence-corrected chi connectivity index (χ4v) is 2.91. The summed E-state index contributed by atoms with van der Waals surface area (Å²) in [6.07, 6.45) is 7.52. The van der Waals surface area contributed by atoms with E-state index < -0.39 is 0 Å². The zero-order chi connectivity index (χ0) is 16.5. The minimum Gasteiger partial charge on any atom is -0.497 e. The first kappa shape index (κ1) is 17.3.